The SMILES string of the molecule is COc1cc(Cl)c(C)cc1NC(=O)C(=O)NCCCNC=O. The first kappa shape index (κ1) is 17.8. The Morgan fingerprint density at radius 1 is 1.27 bits per heavy atom. The van der Waals surface area contributed by atoms with Crippen molar-refractivity contribution in [2.24, 2.45) is 0 Å². The zero-order valence-corrected chi connectivity index (χ0v) is 13.1. The minimum atomic E-state index is -0.802. The Hall–Kier alpha value is -2.28. The molecular weight excluding hydrogens is 310 g/mol. The summed E-state index contributed by atoms with van der Waals surface area (Å²) in [7, 11) is 1.44. The van der Waals surface area contributed by atoms with Gasteiger partial charge in [-0.25, -0.2) is 0 Å². The molecule has 0 aliphatic heterocycles. The van der Waals surface area contributed by atoms with Crippen LogP contribution in [-0.4, -0.2) is 38.4 Å². The Morgan fingerprint density at radius 2 is 2.00 bits per heavy atom. The summed E-state index contributed by atoms with van der Waals surface area (Å²) in [6, 6.07) is 3.19. The van der Waals surface area contributed by atoms with Crippen LogP contribution >= 0.6 is 11.6 Å². The van der Waals surface area contributed by atoms with Gasteiger partial charge in [-0.2, -0.15) is 0 Å². The van der Waals surface area contributed by atoms with Crippen LogP contribution in [0.15, 0.2) is 12.1 Å². The Morgan fingerprint density at radius 3 is 2.64 bits per heavy atom. The van der Waals surface area contributed by atoms with E-state index < -0.39 is 11.8 Å². The van der Waals surface area contributed by atoms with Crippen LogP contribution in [0.3, 0.4) is 0 Å². The molecule has 0 aromatic heterocycles. The second-order valence-corrected chi connectivity index (χ2v) is 4.84. The van der Waals surface area contributed by atoms with Gasteiger partial charge in [0.05, 0.1) is 12.8 Å². The van der Waals surface area contributed by atoms with Crippen molar-refractivity contribution in [3.8, 4) is 5.75 Å². The molecule has 0 unspecified atom stereocenters. The third-order valence-electron chi connectivity index (χ3n) is 2.80. The molecule has 7 nitrogen and oxygen atoms in total. The smallest absolute Gasteiger partial charge is 0.313 e. The predicted octanol–water partition coefficient (Wildman–Crippen LogP) is 0.848. The van der Waals surface area contributed by atoms with E-state index in [4.69, 9.17) is 16.3 Å². The van der Waals surface area contributed by atoms with Crippen molar-refractivity contribution in [2.45, 2.75) is 13.3 Å². The zero-order valence-electron chi connectivity index (χ0n) is 12.4. The van der Waals surface area contributed by atoms with Gasteiger partial charge >= 0.3 is 11.8 Å². The molecule has 0 saturated heterocycles. The molecule has 0 fully saturated rings. The van der Waals surface area contributed by atoms with Crippen LogP contribution in [0.1, 0.15) is 12.0 Å². The molecule has 120 valence electrons. The lowest BCUT2D eigenvalue weighted by Crippen LogP contribution is -2.36. The maximum atomic E-state index is 11.8. The lowest BCUT2D eigenvalue weighted by Gasteiger charge is -2.12. The average Bonchev–Trinajstić information content (AvgIpc) is 2.50. The number of nitrogens with one attached hydrogen (secondary N) is 3. The summed E-state index contributed by atoms with van der Waals surface area (Å²) in [5.41, 5.74) is 1.12. The van der Waals surface area contributed by atoms with Gasteiger partial charge in [-0.1, -0.05) is 11.6 Å². The molecule has 1 rings (SSSR count). The molecule has 0 radical (unpaired) electrons. The Labute approximate surface area is 133 Å². The topological polar surface area (TPSA) is 96.5 Å². The fourth-order valence-corrected chi connectivity index (χ4v) is 1.79. The average molecular weight is 328 g/mol. The minimum absolute atomic E-state index is 0.282. The van der Waals surface area contributed by atoms with Crippen LogP contribution in [0.25, 0.3) is 0 Å². The summed E-state index contributed by atoms with van der Waals surface area (Å²) in [5.74, 6) is -1.20. The molecule has 22 heavy (non-hydrogen) atoms. The Bertz CT molecular complexity index is 563. The van der Waals surface area contributed by atoms with Gasteiger partial charge in [0.15, 0.2) is 0 Å². The molecule has 3 amide bonds. The highest BCUT2D eigenvalue weighted by atomic mass is 35.5. The number of halogens is 1. The first-order valence-electron chi connectivity index (χ1n) is 6.60. The van der Waals surface area contributed by atoms with Crippen LogP contribution < -0.4 is 20.7 Å². The van der Waals surface area contributed by atoms with E-state index in [-0.39, 0.29) is 6.54 Å². The van der Waals surface area contributed by atoms with Crippen LogP contribution in [-0.2, 0) is 14.4 Å². The third-order valence-corrected chi connectivity index (χ3v) is 3.21. The molecule has 0 atom stereocenters. The molecule has 0 saturated carbocycles. The fourth-order valence-electron chi connectivity index (χ4n) is 1.64. The summed E-state index contributed by atoms with van der Waals surface area (Å²) in [6.45, 7) is 2.48. The lowest BCUT2D eigenvalue weighted by molar-refractivity contribution is -0.136. The fraction of sp³-hybridized carbons (Fsp3) is 0.357. The van der Waals surface area contributed by atoms with Crippen molar-refractivity contribution in [3.05, 3.63) is 22.7 Å². The summed E-state index contributed by atoms with van der Waals surface area (Å²) in [4.78, 5) is 33.5. The Kier molecular flexibility index (Phi) is 7.18. The van der Waals surface area contributed by atoms with Crippen molar-refractivity contribution >= 4 is 35.5 Å². The standard InChI is InChI=1S/C14H18ClN3O4/c1-9-6-11(12(22-2)7-10(9)15)18-14(21)13(20)17-5-3-4-16-8-19/h6-8H,3-5H2,1-2H3,(H,16,19)(H,17,20)(H,18,21). The number of rotatable bonds is 7. The number of aryl methyl sites for hydroxylation is 1. The molecule has 0 bridgehead atoms. The summed E-state index contributed by atoms with van der Waals surface area (Å²) in [6.07, 6.45) is 1.10. The van der Waals surface area contributed by atoms with E-state index in [1.807, 2.05) is 0 Å². The van der Waals surface area contributed by atoms with Crippen molar-refractivity contribution < 1.29 is 19.1 Å². The number of methoxy groups -OCH3 is 1. The van der Waals surface area contributed by atoms with Crippen molar-refractivity contribution in [3.63, 3.8) is 0 Å². The first-order valence-corrected chi connectivity index (χ1v) is 6.97. The second kappa shape index (κ2) is 8.89. The minimum Gasteiger partial charge on any atom is -0.495 e. The lowest BCUT2D eigenvalue weighted by atomic mass is 10.2. The van der Waals surface area contributed by atoms with Crippen LogP contribution in [0.4, 0.5) is 5.69 Å². The number of carbonyl (C=O) groups is 3. The van der Waals surface area contributed by atoms with Gasteiger partial charge in [0.25, 0.3) is 0 Å². The van der Waals surface area contributed by atoms with Gasteiger partial charge in [0.1, 0.15) is 5.75 Å². The second-order valence-electron chi connectivity index (χ2n) is 4.44. The van der Waals surface area contributed by atoms with E-state index in [0.29, 0.717) is 35.8 Å². The largest absolute Gasteiger partial charge is 0.495 e. The monoisotopic (exact) mass is 327 g/mol. The maximum absolute atomic E-state index is 11.8. The summed E-state index contributed by atoms with van der Waals surface area (Å²) in [5, 5.41) is 7.88. The van der Waals surface area contributed by atoms with E-state index in [0.717, 1.165) is 5.56 Å². The molecule has 0 aliphatic carbocycles. The third kappa shape index (κ3) is 5.25. The highest BCUT2D eigenvalue weighted by Crippen LogP contribution is 2.30. The highest BCUT2D eigenvalue weighted by molar-refractivity contribution is 6.40. The van der Waals surface area contributed by atoms with E-state index in [9.17, 15) is 14.4 Å². The van der Waals surface area contributed by atoms with Gasteiger partial charge in [-0.15, -0.1) is 0 Å². The first-order chi connectivity index (χ1) is 10.5. The van der Waals surface area contributed by atoms with Crippen LogP contribution in [0.2, 0.25) is 5.02 Å². The van der Waals surface area contributed by atoms with Crippen molar-refractivity contribution in [2.75, 3.05) is 25.5 Å². The van der Waals surface area contributed by atoms with E-state index in [1.54, 1.807) is 19.1 Å². The van der Waals surface area contributed by atoms with Gasteiger partial charge in [-0.3, -0.25) is 14.4 Å². The molecule has 8 heteroatoms. The molecule has 0 spiro atoms. The Balaban J connectivity index is 2.59. The van der Waals surface area contributed by atoms with Crippen molar-refractivity contribution in [1.29, 1.82) is 0 Å². The number of hydrogen-bond donors (Lipinski definition) is 3. The zero-order chi connectivity index (χ0) is 16.5. The quantitative estimate of drug-likeness (QED) is 0.393. The van der Waals surface area contributed by atoms with Gasteiger partial charge in [0.2, 0.25) is 6.41 Å². The van der Waals surface area contributed by atoms with Crippen LogP contribution in [0.5, 0.6) is 5.75 Å². The van der Waals surface area contributed by atoms with E-state index in [2.05, 4.69) is 16.0 Å². The molecule has 1 aromatic rings. The van der Waals surface area contributed by atoms with Crippen molar-refractivity contribution in [1.82, 2.24) is 10.6 Å². The number of benzene rings is 1. The highest BCUT2D eigenvalue weighted by Gasteiger charge is 2.16. The van der Waals surface area contributed by atoms with Gasteiger partial charge < -0.3 is 20.7 Å². The number of anilines is 1. The number of carbonyl (C=O) groups excluding carboxylic acids is 3. The number of ether oxygens (including phenoxy) is 1. The van der Waals surface area contributed by atoms with Crippen LogP contribution in [0, 0.1) is 6.92 Å². The maximum Gasteiger partial charge on any atom is 0.313 e. The number of hydrogen-bond acceptors (Lipinski definition) is 4. The molecule has 0 heterocycles. The van der Waals surface area contributed by atoms with Gasteiger partial charge in [0, 0.05) is 24.2 Å². The van der Waals surface area contributed by atoms with E-state index in [1.165, 1.54) is 7.11 Å². The van der Waals surface area contributed by atoms with Gasteiger partial charge in [-0.05, 0) is 25.0 Å². The molecule has 0 aliphatic rings. The molecule has 1 aromatic carbocycles. The number of amides is 3. The molecule has 3 N–H and O–H groups in total. The van der Waals surface area contributed by atoms with E-state index >= 15 is 0 Å². The normalized spacial score (nSPS) is 9.77. The molecular formula is C14H18ClN3O4. The summed E-state index contributed by atoms with van der Waals surface area (Å²) >= 11 is 5.97. The predicted molar refractivity (Wildman–Crippen MR) is 83.1 cm³/mol. The summed E-state index contributed by atoms with van der Waals surface area (Å²) < 4.78 is 5.12.